The lowest BCUT2D eigenvalue weighted by Gasteiger charge is -2.15. The molecule has 120 valence electrons. The van der Waals surface area contributed by atoms with E-state index in [1.165, 1.54) is 17.8 Å². The first-order valence-corrected chi connectivity index (χ1v) is 8.18. The lowest BCUT2D eigenvalue weighted by Crippen LogP contribution is -2.46. The molecule has 0 aliphatic carbocycles. The molecule has 0 unspecified atom stereocenters. The van der Waals surface area contributed by atoms with E-state index < -0.39 is 5.82 Å². The minimum atomic E-state index is -0.420. The second-order valence-corrected chi connectivity index (χ2v) is 6.44. The van der Waals surface area contributed by atoms with Gasteiger partial charge >= 0.3 is 0 Å². The molecule has 0 heterocycles. The van der Waals surface area contributed by atoms with Gasteiger partial charge in [-0.25, -0.2) is 4.39 Å². The molecule has 1 atom stereocenters. The molecule has 4 nitrogen and oxygen atoms in total. The molecule has 0 saturated carbocycles. The third-order valence-corrected chi connectivity index (χ3v) is 4.16. The van der Waals surface area contributed by atoms with Gasteiger partial charge in [-0.3, -0.25) is 15.6 Å². The number of para-hydroxylation sites is 1. The Balaban J connectivity index is 1.79. The zero-order chi connectivity index (χ0) is 16.7. The Bertz CT molecular complexity index is 682. The minimum absolute atomic E-state index is 0.111. The van der Waals surface area contributed by atoms with Crippen molar-refractivity contribution in [2.45, 2.75) is 17.1 Å². The van der Waals surface area contributed by atoms with Gasteiger partial charge in [0.05, 0.1) is 10.9 Å². The molecular formula is C16H16FN3OS2. The number of nitrogens with one attached hydrogen (secondary N) is 3. The molecule has 0 aromatic heterocycles. The lowest BCUT2D eigenvalue weighted by molar-refractivity contribution is -0.120. The van der Waals surface area contributed by atoms with Crippen LogP contribution in [0, 0.1) is 5.82 Å². The summed E-state index contributed by atoms with van der Waals surface area (Å²) in [6.07, 6.45) is 0. The van der Waals surface area contributed by atoms with Gasteiger partial charge in [0.1, 0.15) is 5.82 Å². The van der Waals surface area contributed by atoms with E-state index >= 15 is 0 Å². The van der Waals surface area contributed by atoms with Crippen LogP contribution in [-0.2, 0) is 4.79 Å². The molecule has 0 saturated heterocycles. The van der Waals surface area contributed by atoms with Crippen molar-refractivity contribution in [2.75, 3.05) is 5.32 Å². The third kappa shape index (κ3) is 5.54. The van der Waals surface area contributed by atoms with Crippen LogP contribution in [0.1, 0.15) is 6.92 Å². The zero-order valence-electron chi connectivity index (χ0n) is 12.4. The molecule has 0 radical (unpaired) electrons. The van der Waals surface area contributed by atoms with Crippen LogP contribution >= 0.6 is 24.0 Å². The first-order valence-electron chi connectivity index (χ1n) is 6.89. The standard InChI is InChI=1S/C16H16FN3OS2/c1-11(23-12-7-3-2-4-8-12)15(21)19-20-16(22)18-14-10-6-5-9-13(14)17/h2-11H,1H3,(H,19,21)(H2,18,20,22)/t11-/m0/s1. The summed E-state index contributed by atoms with van der Waals surface area (Å²) in [5, 5.41) is 2.48. The van der Waals surface area contributed by atoms with Crippen molar-refractivity contribution < 1.29 is 9.18 Å². The summed E-state index contributed by atoms with van der Waals surface area (Å²) in [6.45, 7) is 1.79. The molecule has 0 bridgehead atoms. The summed E-state index contributed by atoms with van der Waals surface area (Å²) in [7, 11) is 0. The SMILES string of the molecule is C[C@H](Sc1ccccc1)C(=O)NNC(=S)Nc1ccccc1F. The maximum atomic E-state index is 13.5. The number of hydrazine groups is 1. The number of hydrogen-bond donors (Lipinski definition) is 3. The second-order valence-electron chi connectivity index (χ2n) is 4.62. The molecule has 0 spiro atoms. The van der Waals surface area contributed by atoms with Crippen LogP contribution in [0.25, 0.3) is 0 Å². The predicted octanol–water partition coefficient (Wildman–Crippen LogP) is 3.32. The number of thiocarbonyl (C=S) groups is 1. The molecular weight excluding hydrogens is 333 g/mol. The number of hydrogen-bond acceptors (Lipinski definition) is 3. The van der Waals surface area contributed by atoms with E-state index in [-0.39, 0.29) is 22.0 Å². The number of carbonyl (C=O) groups is 1. The highest BCUT2D eigenvalue weighted by Gasteiger charge is 2.14. The minimum Gasteiger partial charge on any atom is -0.329 e. The number of thioether (sulfide) groups is 1. The van der Waals surface area contributed by atoms with Crippen molar-refractivity contribution in [2.24, 2.45) is 0 Å². The first-order chi connectivity index (χ1) is 11.1. The van der Waals surface area contributed by atoms with Gasteiger partial charge in [-0.2, -0.15) is 0 Å². The Kier molecular flexibility index (Phi) is 6.37. The molecule has 23 heavy (non-hydrogen) atoms. The highest BCUT2D eigenvalue weighted by Crippen LogP contribution is 2.22. The maximum Gasteiger partial charge on any atom is 0.251 e. The number of carbonyl (C=O) groups excluding carboxylic acids is 1. The third-order valence-electron chi connectivity index (χ3n) is 2.85. The van der Waals surface area contributed by atoms with E-state index in [2.05, 4.69) is 16.2 Å². The summed E-state index contributed by atoms with van der Waals surface area (Å²) >= 11 is 6.45. The largest absolute Gasteiger partial charge is 0.329 e. The van der Waals surface area contributed by atoms with E-state index in [1.807, 2.05) is 30.3 Å². The Morgan fingerprint density at radius 1 is 1.09 bits per heavy atom. The summed E-state index contributed by atoms with van der Waals surface area (Å²) < 4.78 is 13.5. The van der Waals surface area contributed by atoms with Crippen molar-refractivity contribution in [1.82, 2.24) is 10.9 Å². The first kappa shape index (κ1) is 17.2. The summed E-state index contributed by atoms with van der Waals surface area (Å²) in [5.74, 6) is -0.646. The van der Waals surface area contributed by atoms with Crippen molar-refractivity contribution in [3.8, 4) is 0 Å². The normalized spacial score (nSPS) is 11.4. The van der Waals surface area contributed by atoms with Crippen molar-refractivity contribution in [1.29, 1.82) is 0 Å². The summed E-state index contributed by atoms with van der Waals surface area (Å²) in [6, 6.07) is 15.8. The number of anilines is 1. The quantitative estimate of drug-likeness (QED) is 0.449. The highest BCUT2D eigenvalue weighted by molar-refractivity contribution is 8.00. The molecule has 0 aliphatic heterocycles. The number of halogens is 1. The molecule has 0 fully saturated rings. The summed E-state index contributed by atoms with van der Waals surface area (Å²) in [4.78, 5) is 13.0. The Labute approximate surface area is 143 Å². The summed E-state index contributed by atoms with van der Waals surface area (Å²) in [5.41, 5.74) is 5.31. The molecule has 0 aliphatic rings. The van der Waals surface area contributed by atoms with Gasteiger partial charge in [-0.1, -0.05) is 30.3 Å². The smallest absolute Gasteiger partial charge is 0.251 e. The van der Waals surface area contributed by atoms with E-state index in [0.29, 0.717) is 0 Å². The molecule has 2 rings (SSSR count). The Morgan fingerprint density at radius 2 is 1.74 bits per heavy atom. The fraction of sp³-hybridized carbons (Fsp3) is 0.125. The second kappa shape index (κ2) is 8.50. The van der Waals surface area contributed by atoms with E-state index in [9.17, 15) is 9.18 Å². The fourth-order valence-corrected chi connectivity index (χ4v) is 2.74. The molecule has 1 amide bonds. The van der Waals surface area contributed by atoms with Gasteiger partial charge in [0, 0.05) is 4.90 Å². The Morgan fingerprint density at radius 3 is 2.43 bits per heavy atom. The van der Waals surface area contributed by atoms with Gasteiger partial charge in [0.15, 0.2) is 5.11 Å². The average Bonchev–Trinajstić information content (AvgIpc) is 2.55. The topological polar surface area (TPSA) is 53.2 Å². The van der Waals surface area contributed by atoms with Gasteiger partial charge in [0.25, 0.3) is 5.91 Å². The molecule has 3 N–H and O–H groups in total. The molecule has 2 aromatic rings. The number of benzene rings is 2. The predicted molar refractivity (Wildman–Crippen MR) is 95.7 cm³/mol. The van der Waals surface area contributed by atoms with E-state index in [1.54, 1.807) is 25.1 Å². The maximum absolute atomic E-state index is 13.5. The van der Waals surface area contributed by atoms with Gasteiger partial charge in [-0.05, 0) is 43.4 Å². The van der Waals surface area contributed by atoms with Gasteiger partial charge < -0.3 is 5.32 Å². The van der Waals surface area contributed by atoms with E-state index in [4.69, 9.17) is 12.2 Å². The van der Waals surface area contributed by atoms with Crippen molar-refractivity contribution in [3.05, 3.63) is 60.4 Å². The van der Waals surface area contributed by atoms with Crippen LogP contribution in [0.15, 0.2) is 59.5 Å². The van der Waals surface area contributed by atoms with Crippen LogP contribution in [0.5, 0.6) is 0 Å². The van der Waals surface area contributed by atoms with Crippen LogP contribution in [-0.4, -0.2) is 16.3 Å². The van der Waals surface area contributed by atoms with Crippen molar-refractivity contribution >= 4 is 40.7 Å². The highest BCUT2D eigenvalue weighted by atomic mass is 32.2. The average molecular weight is 349 g/mol. The van der Waals surface area contributed by atoms with Crippen LogP contribution < -0.4 is 16.2 Å². The van der Waals surface area contributed by atoms with Gasteiger partial charge in [0.2, 0.25) is 0 Å². The fourth-order valence-electron chi connectivity index (χ4n) is 1.69. The Hall–Kier alpha value is -2.12. The van der Waals surface area contributed by atoms with Crippen LogP contribution in [0.3, 0.4) is 0 Å². The zero-order valence-corrected chi connectivity index (χ0v) is 14.0. The van der Waals surface area contributed by atoms with E-state index in [0.717, 1.165) is 4.90 Å². The molecule has 2 aromatic carbocycles. The number of rotatable bonds is 4. The monoisotopic (exact) mass is 349 g/mol. The van der Waals surface area contributed by atoms with Crippen molar-refractivity contribution in [3.63, 3.8) is 0 Å². The lowest BCUT2D eigenvalue weighted by atomic mass is 10.3. The number of amides is 1. The van der Waals surface area contributed by atoms with Crippen LogP contribution in [0.4, 0.5) is 10.1 Å². The van der Waals surface area contributed by atoms with Crippen LogP contribution in [0.2, 0.25) is 0 Å². The molecule has 7 heteroatoms. The van der Waals surface area contributed by atoms with Gasteiger partial charge in [-0.15, -0.1) is 11.8 Å².